The fourth-order valence-electron chi connectivity index (χ4n) is 2.41. The normalized spacial score (nSPS) is 15.6. The van der Waals surface area contributed by atoms with Gasteiger partial charge in [-0.3, -0.25) is 0 Å². The van der Waals surface area contributed by atoms with E-state index in [-0.39, 0.29) is 18.4 Å². The molecule has 0 amide bonds. The summed E-state index contributed by atoms with van der Waals surface area (Å²) < 4.78 is 140. The van der Waals surface area contributed by atoms with E-state index >= 15 is 0 Å². The molecular weight excluding hydrogens is 588 g/mol. The van der Waals surface area contributed by atoms with Crippen LogP contribution in [-0.4, -0.2) is 59.0 Å². The minimum atomic E-state index is -6.76. The molecule has 0 saturated carbocycles. The summed E-state index contributed by atoms with van der Waals surface area (Å²) in [6.45, 7) is 10.2. The molecule has 0 N–H and O–H groups in total. The van der Waals surface area contributed by atoms with Crippen LogP contribution in [0.4, 0.5) is 35.1 Å². The van der Waals surface area contributed by atoms with Crippen LogP contribution in [0, 0.1) is 0 Å². The molecule has 7 nitrogen and oxygen atoms in total. The topological polar surface area (TPSA) is 96.0 Å². The number of alkyl halides is 8. The third-order valence-corrected chi connectivity index (χ3v) is 9.29. The number of sulfone groups is 1. The molecule has 0 aromatic carbocycles. The van der Waals surface area contributed by atoms with Crippen LogP contribution in [0.5, 0.6) is 0 Å². The highest BCUT2D eigenvalue weighted by Gasteiger charge is 2.62. The monoisotopic (exact) mass is 612 g/mol. The van der Waals surface area contributed by atoms with Crippen LogP contribution in [0.15, 0.2) is 24.8 Å². The molecule has 216 valence electrons. The number of thioether (sulfide) groups is 2. The van der Waals surface area contributed by atoms with E-state index < -0.39 is 90.4 Å². The summed E-state index contributed by atoms with van der Waals surface area (Å²) in [6, 6.07) is 0. The van der Waals surface area contributed by atoms with Crippen LogP contribution in [-0.2, 0) is 33.6 Å². The van der Waals surface area contributed by atoms with E-state index in [9.17, 15) is 53.1 Å². The van der Waals surface area contributed by atoms with Crippen molar-refractivity contribution in [3.05, 3.63) is 24.8 Å². The summed E-state index contributed by atoms with van der Waals surface area (Å²) in [5, 5.41) is -5.79. The number of hydrogen-bond acceptors (Lipinski definition) is 9. The molecule has 0 heterocycles. The van der Waals surface area contributed by atoms with Gasteiger partial charge in [0.15, 0.2) is 10.2 Å². The van der Waals surface area contributed by atoms with Gasteiger partial charge in [0.05, 0.1) is 6.61 Å². The van der Waals surface area contributed by atoms with Crippen LogP contribution in [0.3, 0.4) is 0 Å². The maximum absolute atomic E-state index is 14.6. The first kappa shape index (κ1) is 35.5. The van der Waals surface area contributed by atoms with E-state index in [2.05, 4.69) is 17.9 Å². The zero-order valence-corrected chi connectivity index (χ0v) is 22.0. The number of ether oxygens (including phenoxy) is 3. The van der Waals surface area contributed by atoms with Crippen LogP contribution >= 0.6 is 23.5 Å². The fourth-order valence-corrected chi connectivity index (χ4v) is 6.60. The Morgan fingerprint density at radius 3 is 1.89 bits per heavy atom. The Balaban J connectivity index is 5.88. The van der Waals surface area contributed by atoms with E-state index in [0.29, 0.717) is 0 Å². The number of carbonyl (C=O) groups excluding carboxylic acids is 2. The highest BCUT2D eigenvalue weighted by molar-refractivity contribution is 8.30. The molecule has 0 saturated heterocycles. The second-order valence-corrected chi connectivity index (χ2v) is 12.6. The molecule has 0 aliphatic carbocycles. The second-order valence-electron chi connectivity index (χ2n) is 7.27. The first-order chi connectivity index (χ1) is 16.5. The highest BCUT2D eigenvalue weighted by atomic mass is 32.3. The van der Waals surface area contributed by atoms with Crippen molar-refractivity contribution in [1.82, 2.24) is 0 Å². The standard InChI is InChI=1S/C19H24F8O7S3/c1-6-8-16(7-2,9-10-32-12(5)33-13(28)11(3)4)34-14(29)17(20,21)37(30,31)15(35-18(22,23)24)36-19(25,26)27/h6,12,15H,1,3,7-10H2,2,4-5H3. The number of rotatable bonds is 15. The first-order valence-corrected chi connectivity index (χ1v) is 13.3. The maximum atomic E-state index is 14.6. The van der Waals surface area contributed by atoms with E-state index in [1.54, 1.807) is 0 Å². The number of esters is 2. The Kier molecular flexibility index (Phi) is 12.9. The largest absolute Gasteiger partial charge is 0.453 e. The summed E-state index contributed by atoms with van der Waals surface area (Å²) in [5.41, 5.74) is -13.3. The molecule has 0 aromatic rings. The molecule has 37 heavy (non-hydrogen) atoms. The van der Waals surface area contributed by atoms with Gasteiger partial charge in [0.1, 0.15) is 5.60 Å². The quantitative estimate of drug-likeness (QED) is 0.0734. The smallest absolute Gasteiger partial charge is 0.443 e. The summed E-state index contributed by atoms with van der Waals surface area (Å²) in [4.78, 5) is 23.7. The van der Waals surface area contributed by atoms with Gasteiger partial charge < -0.3 is 14.2 Å². The predicted octanol–water partition coefficient (Wildman–Crippen LogP) is 5.92. The Morgan fingerprint density at radius 1 is 1.03 bits per heavy atom. The van der Waals surface area contributed by atoms with Gasteiger partial charge in [-0.15, -0.1) is 6.58 Å². The number of carbonyl (C=O) groups is 2. The van der Waals surface area contributed by atoms with Crippen LogP contribution < -0.4 is 0 Å². The lowest BCUT2D eigenvalue weighted by atomic mass is 9.92. The van der Waals surface area contributed by atoms with E-state index in [1.807, 2.05) is 0 Å². The average Bonchev–Trinajstić information content (AvgIpc) is 2.70. The lowest BCUT2D eigenvalue weighted by molar-refractivity contribution is -0.185. The highest BCUT2D eigenvalue weighted by Crippen LogP contribution is 2.50. The van der Waals surface area contributed by atoms with Crippen molar-refractivity contribution in [2.24, 2.45) is 0 Å². The average molecular weight is 613 g/mol. The minimum Gasteiger partial charge on any atom is -0.453 e. The molecular formula is C19H24F8O7S3. The van der Waals surface area contributed by atoms with Crippen LogP contribution in [0.1, 0.15) is 40.0 Å². The third-order valence-electron chi connectivity index (χ3n) is 4.31. The van der Waals surface area contributed by atoms with E-state index in [0.717, 1.165) is 6.08 Å². The lowest BCUT2D eigenvalue weighted by Crippen LogP contribution is -2.48. The van der Waals surface area contributed by atoms with Crippen molar-refractivity contribution < 1.29 is 67.3 Å². The van der Waals surface area contributed by atoms with Crippen molar-refractivity contribution >= 4 is 45.3 Å². The molecule has 0 aliphatic rings. The van der Waals surface area contributed by atoms with Crippen molar-refractivity contribution in [3.8, 4) is 0 Å². The predicted molar refractivity (Wildman–Crippen MR) is 120 cm³/mol. The lowest BCUT2D eigenvalue weighted by Gasteiger charge is -2.33. The van der Waals surface area contributed by atoms with Gasteiger partial charge in [-0.1, -0.05) is 19.6 Å². The molecule has 0 aliphatic heterocycles. The molecule has 0 fully saturated rings. The van der Waals surface area contributed by atoms with Gasteiger partial charge in [0, 0.05) is 18.4 Å². The molecule has 0 bridgehead atoms. The van der Waals surface area contributed by atoms with E-state index in [4.69, 9.17) is 9.47 Å². The minimum absolute atomic E-state index is 0.0352. The van der Waals surface area contributed by atoms with Gasteiger partial charge in [0.25, 0.3) is 0 Å². The van der Waals surface area contributed by atoms with Crippen molar-refractivity contribution in [2.75, 3.05) is 6.61 Å². The first-order valence-electron chi connectivity index (χ1n) is 9.96. The summed E-state index contributed by atoms with van der Waals surface area (Å²) >= 11 is -3.76. The Bertz CT molecular complexity index is 919. The molecule has 2 atom stereocenters. The molecule has 0 spiro atoms. The van der Waals surface area contributed by atoms with Gasteiger partial charge >= 0.3 is 28.2 Å². The van der Waals surface area contributed by atoms with Gasteiger partial charge in [-0.2, -0.15) is 35.1 Å². The van der Waals surface area contributed by atoms with Crippen molar-refractivity contribution in [3.63, 3.8) is 0 Å². The van der Waals surface area contributed by atoms with Crippen LogP contribution in [0.2, 0.25) is 0 Å². The summed E-state index contributed by atoms with van der Waals surface area (Å²) in [5.74, 6) is -3.70. The maximum Gasteiger partial charge on any atom is 0.443 e. The molecule has 2 unspecified atom stereocenters. The number of hydrogen-bond donors (Lipinski definition) is 0. The zero-order chi connectivity index (χ0) is 29.5. The fraction of sp³-hybridized carbons (Fsp3) is 0.684. The SMILES string of the molecule is C=CCC(CC)(CCOC(C)OC(=O)C(=C)C)OC(=O)C(F)(F)S(=O)(=O)C(SC(F)(F)F)SC(F)(F)F. The Hall–Kier alpha value is -1.53. The van der Waals surface area contributed by atoms with Gasteiger partial charge in [0.2, 0.25) is 9.84 Å². The Labute approximate surface area is 216 Å². The van der Waals surface area contributed by atoms with Crippen molar-refractivity contribution in [2.45, 2.75) is 72.1 Å². The van der Waals surface area contributed by atoms with Gasteiger partial charge in [-0.25, -0.2) is 18.0 Å². The molecule has 18 heteroatoms. The summed E-state index contributed by atoms with van der Waals surface area (Å²) in [6.07, 6.45) is -1.17. The van der Waals surface area contributed by atoms with Crippen molar-refractivity contribution in [1.29, 1.82) is 0 Å². The number of halogens is 8. The summed E-state index contributed by atoms with van der Waals surface area (Å²) in [7, 11) is -6.76. The second kappa shape index (κ2) is 13.5. The Morgan fingerprint density at radius 2 is 1.51 bits per heavy atom. The molecule has 0 radical (unpaired) electrons. The molecule has 0 aromatic heterocycles. The third kappa shape index (κ3) is 11.4. The zero-order valence-electron chi connectivity index (χ0n) is 19.6. The van der Waals surface area contributed by atoms with Gasteiger partial charge in [-0.05, 0) is 43.8 Å². The van der Waals surface area contributed by atoms with Crippen LogP contribution in [0.25, 0.3) is 0 Å². The van der Waals surface area contributed by atoms with E-state index in [1.165, 1.54) is 20.8 Å². The molecule has 0 rings (SSSR count).